The molecule has 2 aliphatic heterocycles. The Bertz CT molecular complexity index is 1220. The van der Waals surface area contributed by atoms with Crippen LogP contribution in [0.1, 0.15) is 49.7 Å². The van der Waals surface area contributed by atoms with E-state index in [2.05, 4.69) is 79.1 Å². The van der Waals surface area contributed by atoms with E-state index in [0.717, 1.165) is 35.7 Å². The number of nitrogens with zero attached hydrogens (tertiary/aromatic N) is 3. The highest BCUT2D eigenvalue weighted by atomic mass is 16.5. The zero-order valence-electron chi connectivity index (χ0n) is 21.4. The molecule has 0 spiro atoms. The van der Waals surface area contributed by atoms with Crippen LogP contribution in [0.15, 0.2) is 84.4 Å². The maximum atomic E-state index is 14.0. The molecule has 0 radical (unpaired) electrons. The second-order valence-corrected chi connectivity index (χ2v) is 10.4. The highest BCUT2D eigenvalue weighted by molar-refractivity contribution is 6.05. The summed E-state index contributed by atoms with van der Waals surface area (Å²) in [7, 11) is 0. The molecule has 0 aliphatic carbocycles. The van der Waals surface area contributed by atoms with Crippen molar-refractivity contribution in [2.45, 2.75) is 32.9 Å². The van der Waals surface area contributed by atoms with Gasteiger partial charge < -0.3 is 9.64 Å². The third-order valence-corrected chi connectivity index (χ3v) is 7.37. The van der Waals surface area contributed by atoms with Crippen LogP contribution in [0, 0.1) is 5.41 Å². The highest BCUT2D eigenvalue weighted by Gasteiger charge is 2.45. The molecular weight excluding hydrogens is 446 g/mol. The van der Waals surface area contributed by atoms with E-state index >= 15 is 0 Å². The number of pyridine rings is 1. The summed E-state index contributed by atoms with van der Waals surface area (Å²) in [5, 5.41) is 0. The number of piperidine rings is 1. The minimum Gasteiger partial charge on any atom is -0.378 e. The normalized spacial score (nSPS) is 22.5. The van der Waals surface area contributed by atoms with Crippen molar-refractivity contribution in [2.24, 2.45) is 5.41 Å². The van der Waals surface area contributed by atoms with Crippen LogP contribution in [-0.2, 0) is 9.53 Å². The third-order valence-electron chi connectivity index (χ3n) is 7.37. The molecule has 2 atom stereocenters. The zero-order chi connectivity index (χ0) is 25.1. The second-order valence-electron chi connectivity index (χ2n) is 10.4. The van der Waals surface area contributed by atoms with Crippen molar-refractivity contribution in [3.8, 4) is 0 Å². The second kappa shape index (κ2) is 10.4. The molecule has 186 valence electrons. The van der Waals surface area contributed by atoms with E-state index in [1.54, 1.807) is 0 Å². The number of carbonyl (C=O) groups is 1. The average Bonchev–Trinajstić information content (AvgIpc) is 2.92. The lowest BCUT2D eigenvalue weighted by atomic mass is 9.74. The number of hydrogen-bond donors (Lipinski definition) is 0. The summed E-state index contributed by atoms with van der Waals surface area (Å²) in [6.07, 6.45) is 2.02. The number of aromatic nitrogens is 1. The molecule has 3 heterocycles. The van der Waals surface area contributed by atoms with E-state index in [0.29, 0.717) is 19.8 Å². The predicted octanol–water partition coefficient (Wildman–Crippen LogP) is 5.72. The Kier molecular flexibility index (Phi) is 7.04. The summed E-state index contributed by atoms with van der Waals surface area (Å²) in [5.74, 6) is 1.12. The molecule has 2 aliphatic rings. The quantitative estimate of drug-likeness (QED) is 0.437. The summed E-state index contributed by atoms with van der Waals surface area (Å²) >= 11 is 0. The fourth-order valence-electron chi connectivity index (χ4n) is 5.40. The van der Waals surface area contributed by atoms with Crippen LogP contribution in [0.3, 0.4) is 0 Å². The molecule has 5 heteroatoms. The lowest BCUT2D eigenvalue weighted by Gasteiger charge is -2.47. The van der Waals surface area contributed by atoms with Gasteiger partial charge in [-0.25, -0.2) is 4.98 Å². The molecule has 2 fully saturated rings. The van der Waals surface area contributed by atoms with Crippen molar-refractivity contribution in [2.75, 3.05) is 37.7 Å². The van der Waals surface area contributed by atoms with Crippen molar-refractivity contribution < 1.29 is 9.53 Å². The van der Waals surface area contributed by atoms with E-state index in [1.165, 1.54) is 5.56 Å². The SMILES string of the molecule is CC(c1ccccc1)N1CC(C)(C)C(=O)C(=Cc2cccc(N3CCOCC3)n2)C1c1ccccc1. The van der Waals surface area contributed by atoms with E-state index in [-0.39, 0.29) is 17.9 Å². The van der Waals surface area contributed by atoms with Gasteiger partial charge in [0.05, 0.1) is 24.9 Å². The Hall–Kier alpha value is -3.28. The fourth-order valence-corrected chi connectivity index (χ4v) is 5.40. The lowest BCUT2D eigenvalue weighted by Crippen LogP contribution is -2.50. The molecule has 36 heavy (non-hydrogen) atoms. The van der Waals surface area contributed by atoms with E-state index < -0.39 is 5.41 Å². The Morgan fingerprint density at radius 2 is 1.61 bits per heavy atom. The van der Waals surface area contributed by atoms with Gasteiger partial charge in [-0.05, 0) is 36.3 Å². The number of Topliss-reactive ketones (excluding diaryl/α,β-unsaturated/α-hetero) is 1. The number of ketones is 1. The molecule has 5 rings (SSSR count). The van der Waals surface area contributed by atoms with Crippen LogP contribution in [0.5, 0.6) is 0 Å². The Labute approximate surface area is 214 Å². The molecule has 3 aromatic rings. The van der Waals surface area contributed by atoms with Crippen molar-refractivity contribution in [1.82, 2.24) is 9.88 Å². The van der Waals surface area contributed by atoms with E-state index in [4.69, 9.17) is 9.72 Å². The zero-order valence-corrected chi connectivity index (χ0v) is 21.4. The summed E-state index contributed by atoms with van der Waals surface area (Å²) < 4.78 is 5.51. The van der Waals surface area contributed by atoms with Crippen LogP contribution >= 0.6 is 0 Å². The predicted molar refractivity (Wildman–Crippen MR) is 145 cm³/mol. The first-order valence-electron chi connectivity index (χ1n) is 12.9. The van der Waals surface area contributed by atoms with Gasteiger partial charge in [-0.15, -0.1) is 0 Å². The number of ether oxygens (including phenoxy) is 1. The average molecular weight is 482 g/mol. The van der Waals surface area contributed by atoms with Crippen LogP contribution < -0.4 is 4.90 Å². The van der Waals surface area contributed by atoms with Crippen molar-refractivity contribution in [3.05, 3.63) is 101 Å². The summed E-state index contributed by atoms with van der Waals surface area (Å²) in [4.78, 5) is 23.7. The van der Waals surface area contributed by atoms with Crippen molar-refractivity contribution >= 4 is 17.7 Å². The molecule has 2 aromatic carbocycles. The van der Waals surface area contributed by atoms with Gasteiger partial charge in [0, 0.05) is 36.7 Å². The maximum absolute atomic E-state index is 14.0. The molecule has 0 saturated carbocycles. The number of benzene rings is 2. The Morgan fingerprint density at radius 1 is 0.944 bits per heavy atom. The van der Waals surface area contributed by atoms with Gasteiger partial charge in [0.15, 0.2) is 5.78 Å². The summed E-state index contributed by atoms with van der Waals surface area (Å²) in [6, 6.07) is 27.0. The molecule has 0 N–H and O–H groups in total. The summed E-state index contributed by atoms with van der Waals surface area (Å²) in [5.41, 5.74) is 3.47. The first-order valence-corrected chi connectivity index (χ1v) is 12.9. The minimum atomic E-state index is -0.512. The smallest absolute Gasteiger partial charge is 0.167 e. The first kappa shape index (κ1) is 24.4. The van der Waals surface area contributed by atoms with Crippen LogP contribution in [0.2, 0.25) is 0 Å². The molecule has 1 aromatic heterocycles. The van der Waals surface area contributed by atoms with Gasteiger partial charge in [0.1, 0.15) is 5.82 Å². The number of carbonyl (C=O) groups excluding carboxylic acids is 1. The molecule has 0 bridgehead atoms. The van der Waals surface area contributed by atoms with Crippen LogP contribution in [-0.4, -0.2) is 48.5 Å². The van der Waals surface area contributed by atoms with Gasteiger partial charge >= 0.3 is 0 Å². The largest absolute Gasteiger partial charge is 0.378 e. The standard InChI is InChI=1S/C31H35N3O2/c1-23(24-11-6-4-7-12-24)34-22-31(2,3)30(35)27(29(34)25-13-8-5-9-14-25)21-26-15-10-16-28(32-26)33-17-19-36-20-18-33/h4-16,21,23,29H,17-20,22H2,1-3H3. The summed E-state index contributed by atoms with van der Waals surface area (Å²) in [6.45, 7) is 10.1. The lowest BCUT2D eigenvalue weighted by molar-refractivity contribution is -0.129. The highest BCUT2D eigenvalue weighted by Crippen LogP contribution is 2.45. The molecule has 2 saturated heterocycles. The monoisotopic (exact) mass is 481 g/mol. The molecule has 0 amide bonds. The Morgan fingerprint density at radius 3 is 2.31 bits per heavy atom. The topological polar surface area (TPSA) is 45.7 Å². The Balaban J connectivity index is 1.60. The number of anilines is 1. The van der Waals surface area contributed by atoms with Gasteiger partial charge in [-0.3, -0.25) is 9.69 Å². The maximum Gasteiger partial charge on any atom is 0.167 e. The minimum absolute atomic E-state index is 0.139. The van der Waals surface area contributed by atoms with Gasteiger partial charge in [-0.2, -0.15) is 0 Å². The van der Waals surface area contributed by atoms with Crippen molar-refractivity contribution in [3.63, 3.8) is 0 Å². The third kappa shape index (κ3) is 4.99. The van der Waals surface area contributed by atoms with Crippen LogP contribution in [0.25, 0.3) is 6.08 Å². The number of morpholine rings is 1. The van der Waals surface area contributed by atoms with Gasteiger partial charge in [0.25, 0.3) is 0 Å². The number of likely N-dealkylation sites (tertiary alicyclic amines) is 1. The molecule has 5 nitrogen and oxygen atoms in total. The number of rotatable bonds is 5. The fraction of sp³-hybridized carbons (Fsp3) is 0.355. The van der Waals surface area contributed by atoms with Gasteiger partial charge in [-0.1, -0.05) is 80.6 Å². The molecule has 2 unspecified atom stereocenters. The van der Waals surface area contributed by atoms with E-state index in [9.17, 15) is 4.79 Å². The van der Waals surface area contributed by atoms with Crippen molar-refractivity contribution in [1.29, 1.82) is 0 Å². The first-order chi connectivity index (χ1) is 17.4. The van der Waals surface area contributed by atoms with Gasteiger partial charge in [0.2, 0.25) is 0 Å². The molecular formula is C31H35N3O2. The van der Waals surface area contributed by atoms with E-state index in [1.807, 2.05) is 36.4 Å². The number of hydrogen-bond acceptors (Lipinski definition) is 5. The van der Waals surface area contributed by atoms with Crippen LogP contribution in [0.4, 0.5) is 5.82 Å².